The van der Waals surface area contributed by atoms with E-state index in [-0.39, 0.29) is 17.9 Å². The highest BCUT2D eigenvalue weighted by molar-refractivity contribution is 5.74. The minimum absolute atomic E-state index is 0.139. The maximum atomic E-state index is 13.1. The van der Waals surface area contributed by atoms with Crippen molar-refractivity contribution in [2.75, 3.05) is 13.1 Å². The maximum Gasteiger partial charge on any atom is 0.410 e. The van der Waals surface area contributed by atoms with E-state index < -0.39 is 22.4 Å². The zero-order valence-corrected chi connectivity index (χ0v) is 13.2. The molecule has 1 aliphatic heterocycles. The third kappa shape index (κ3) is 4.24. The molecule has 0 spiro atoms. The summed E-state index contributed by atoms with van der Waals surface area (Å²) in [5, 5.41) is 11.0. The highest BCUT2D eigenvalue weighted by Crippen LogP contribution is 2.29. The molecule has 1 aromatic rings. The van der Waals surface area contributed by atoms with Crippen molar-refractivity contribution >= 4 is 17.4 Å². The van der Waals surface area contributed by atoms with Crippen molar-refractivity contribution in [3.05, 3.63) is 40.0 Å². The lowest BCUT2D eigenvalue weighted by molar-refractivity contribution is -0.385. The van der Waals surface area contributed by atoms with E-state index in [0.29, 0.717) is 18.5 Å². The van der Waals surface area contributed by atoms with E-state index in [1.807, 2.05) is 0 Å². The Kier molecular flexibility index (Phi) is 4.63. The summed E-state index contributed by atoms with van der Waals surface area (Å²) in [5.74, 6) is -0.757. The molecule has 0 N–H and O–H groups in total. The van der Waals surface area contributed by atoms with Crippen molar-refractivity contribution in [2.24, 2.45) is 0 Å². The number of hydrogen-bond acceptors (Lipinski definition) is 5. The molecule has 1 amide bonds. The first kappa shape index (κ1) is 16.9. The molecule has 2 rings (SSSR count). The van der Waals surface area contributed by atoms with Crippen LogP contribution in [0.3, 0.4) is 0 Å². The molecule has 7 nitrogen and oxygen atoms in total. The van der Waals surface area contributed by atoms with Gasteiger partial charge in [0.1, 0.15) is 17.1 Å². The van der Waals surface area contributed by atoms with E-state index in [1.165, 1.54) is 4.90 Å². The smallest absolute Gasteiger partial charge is 0.410 e. The first-order valence-electron chi connectivity index (χ1n) is 7.14. The molecule has 1 aromatic heterocycles. The van der Waals surface area contributed by atoms with Crippen LogP contribution in [0.15, 0.2) is 18.3 Å². The second kappa shape index (κ2) is 6.31. The van der Waals surface area contributed by atoms with Gasteiger partial charge in [-0.2, -0.15) is 0 Å². The first-order chi connectivity index (χ1) is 10.7. The van der Waals surface area contributed by atoms with Crippen LogP contribution < -0.4 is 0 Å². The first-order valence-corrected chi connectivity index (χ1v) is 7.14. The average Bonchev–Trinajstić information content (AvgIpc) is 2.45. The average molecular weight is 323 g/mol. The van der Waals surface area contributed by atoms with Gasteiger partial charge in [-0.25, -0.2) is 14.2 Å². The molecule has 0 saturated carbocycles. The number of rotatable bonds is 2. The lowest BCUT2D eigenvalue weighted by Gasteiger charge is -2.29. The Morgan fingerprint density at radius 3 is 2.70 bits per heavy atom. The van der Waals surface area contributed by atoms with Crippen LogP contribution in [-0.2, 0) is 4.74 Å². The molecular formula is C15H18FN3O4. The number of pyridine rings is 1. The Labute approximate surface area is 132 Å². The quantitative estimate of drug-likeness (QED) is 0.616. The predicted molar refractivity (Wildman–Crippen MR) is 81.3 cm³/mol. The van der Waals surface area contributed by atoms with Gasteiger partial charge in [-0.3, -0.25) is 10.1 Å². The molecule has 0 bridgehead atoms. The fraction of sp³-hybridized carbons (Fsp3) is 0.467. The van der Waals surface area contributed by atoms with Crippen LogP contribution in [0.25, 0.3) is 5.57 Å². The Hall–Kier alpha value is -2.51. The normalized spacial score (nSPS) is 15.1. The summed E-state index contributed by atoms with van der Waals surface area (Å²) in [6, 6.07) is 0.851. The molecule has 8 heteroatoms. The Bertz CT molecular complexity index is 667. The summed E-state index contributed by atoms with van der Waals surface area (Å²) in [7, 11) is 0. The van der Waals surface area contributed by atoms with Crippen molar-refractivity contribution in [3.63, 3.8) is 0 Å². The van der Waals surface area contributed by atoms with Gasteiger partial charge in [0.25, 0.3) is 5.69 Å². The standard InChI is InChI=1S/C15H18FN3O4/c1-15(2,3)23-14(20)18-6-4-10(5-7-18)13-12(19(21)22)8-11(16)9-17-13/h4,8-9H,5-7H2,1-3H3. The Balaban J connectivity index is 2.17. The van der Waals surface area contributed by atoms with Gasteiger partial charge in [0.05, 0.1) is 17.2 Å². The Morgan fingerprint density at radius 1 is 1.48 bits per heavy atom. The third-order valence-electron chi connectivity index (χ3n) is 3.20. The highest BCUT2D eigenvalue weighted by Gasteiger charge is 2.27. The maximum absolute atomic E-state index is 13.1. The van der Waals surface area contributed by atoms with Gasteiger partial charge in [-0.1, -0.05) is 6.08 Å². The van der Waals surface area contributed by atoms with Crippen LogP contribution in [0, 0.1) is 15.9 Å². The summed E-state index contributed by atoms with van der Waals surface area (Å²) in [6.45, 7) is 5.96. The molecule has 0 atom stereocenters. The van der Waals surface area contributed by atoms with Crippen molar-refractivity contribution < 1.29 is 18.8 Å². The molecule has 23 heavy (non-hydrogen) atoms. The number of halogens is 1. The zero-order chi connectivity index (χ0) is 17.2. The molecule has 0 saturated heterocycles. The van der Waals surface area contributed by atoms with Gasteiger partial charge in [-0.15, -0.1) is 0 Å². The molecule has 0 aromatic carbocycles. The second-order valence-corrected chi connectivity index (χ2v) is 6.18. The summed E-state index contributed by atoms with van der Waals surface area (Å²) in [4.78, 5) is 27.7. The summed E-state index contributed by atoms with van der Waals surface area (Å²) < 4.78 is 18.4. The lowest BCUT2D eigenvalue weighted by atomic mass is 10.0. The molecule has 0 radical (unpaired) electrons. The largest absolute Gasteiger partial charge is 0.444 e. The topological polar surface area (TPSA) is 85.6 Å². The number of carbonyl (C=O) groups excluding carboxylic acids is 1. The molecular weight excluding hydrogens is 305 g/mol. The van der Waals surface area contributed by atoms with Gasteiger partial charge < -0.3 is 9.64 Å². The van der Waals surface area contributed by atoms with Crippen molar-refractivity contribution in [1.82, 2.24) is 9.88 Å². The van der Waals surface area contributed by atoms with Gasteiger partial charge in [0.2, 0.25) is 0 Å². The fourth-order valence-corrected chi connectivity index (χ4v) is 2.19. The van der Waals surface area contributed by atoms with Crippen LogP contribution in [-0.4, -0.2) is 39.6 Å². The number of ether oxygens (including phenoxy) is 1. The summed E-state index contributed by atoms with van der Waals surface area (Å²) >= 11 is 0. The van der Waals surface area contributed by atoms with Gasteiger partial charge >= 0.3 is 6.09 Å². The van der Waals surface area contributed by atoms with Gasteiger partial charge in [0.15, 0.2) is 0 Å². The molecule has 124 valence electrons. The number of amides is 1. The molecule has 2 heterocycles. The minimum Gasteiger partial charge on any atom is -0.444 e. The fourth-order valence-electron chi connectivity index (χ4n) is 2.19. The van der Waals surface area contributed by atoms with Crippen LogP contribution in [0.2, 0.25) is 0 Å². The molecule has 1 aliphatic rings. The SMILES string of the molecule is CC(C)(C)OC(=O)N1CC=C(c2ncc(F)cc2[N+](=O)[O-])CC1. The molecule has 0 unspecified atom stereocenters. The van der Waals surface area contributed by atoms with Crippen molar-refractivity contribution in [1.29, 1.82) is 0 Å². The third-order valence-corrected chi connectivity index (χ3v) is 3.20. The van der Waals surface area contributed by atoms with Crippen LogP contribution in [0.4, 0.5) is 14.9 Å². The monoisotopic (exact) mass is 323 g/mol. The van der Waals surface area contributed by atoms with E-state index in [9.17, 15) is 19.3 Å². The number of hydrogen-bond donors (Lipinski definition) is 0. The number of nitrogens with zero attached hydrogens (tertiary/aromatic N) is 3. The van der Waals surface area contributed by atoms with Crippen LogP contribution in [0.1, 0.15) is 32.9 Å². The zero-order valence-electron chi connectivity index (χ0n) is 13.2. The number of nitro groups is 1. The molecule has 0 aliphatic carbocycles. The van der Waals surface area contributed by atoms with Crippen molar-refractivity contribution in [3.8, 4) is 0 Å². The van der Waals surface area contributed by atoms with Gasteiger partial charge in [-0.05, 0) is 32.8 Å². The second-order valence-electron chi connectivity index (χ2n) is 6.18. The summed E-state index contributed by atoms with van der Waals surface area (Å²) in [6.07, 6.45) is 2.58. The number of aromatic nitrogens is 1. The molecule has 0 fully saturated rings. The van der Waals surface area contributed by atoms with E-state index in [2.05, 4.69) is 4.98 Å². The lowest BCUT2D eigenvalue weighted by Crippen LogP contribution is -2.39. The minimum atomic E-state index is -0.757. The van der Waals surface area contributed by atoms with E-state index in [1.54, 1.807) is 26.8 Å². The van der Waals surface area contributed by atoms with E-state index in [0.717, 1.165) is 12.3 Å². The van der Waals surface area contributed by atoms with E-state index >= 15 is 0 Å². The predicted octanol–water partition coefficient (Wildman–Crippen LogP) is 3.15. The van der Waals surface area contributed by atoms with Crippen LogP contribution >= 0.6 is 0 Å². The summed E-state index contributed by atoms with van der Waals surface area (Å²) in [5.41, 5.74) is -0.197. The number of carbonyl (C=O) groups is 1. The Morgan fingerprint density at radius 2 is 2.17 bits per heavy atom. The highest BCUT2D eigenvalue weighted by atomic mass is 19.1. The van der Waals surface area contributed by atoms with Crippen molar-refractivity contribution in [2.45, 2.75) is 32.8 Å². The van der Waals surface area contributed by atoms with Crippen LogP contribution in [0.5, 0.6) is 0 Å². The van der Waals surface area contributed by atoms with Gasteiger partial charge in [0, 0.05) is 13.1 Å². The van der Waals surface area contributed by atoms with E-state index in [4.69, 9.17) is 4.74 Å².